The average Bonchev–Trinajstić information content (AvgIpc) is 2.23. The number of hydrogen-bond acceptors (Lipinski definition) is 2. The first-order chi connectivity index (χ1) is 7.58. The fourth-order valence-corrected chi connectivity index (χ4v) is 1.13. The molecule has 1 aromatic rings. The van der Waals surface area contributed by atoms with Crippen molar-refractivity contribution in [2.24, 2.45) is 10.7 Å². The van der Waals surface area contributed by atoms with E-state index < -0.39 is 0 Å². The average molecular weight is 219 g/mol. The third-order valence-electron chi connectivity index (χ3n) is 1.91. The van der Waals surface area contributed by atoms with Crippen molar-refractivity contribution in [3.8, 4) is 5.75 Å². The summed E-state index contributed by atoms with van der Waals surface area (Å²) >= 11 is 0. The quantitative estimate of drug-likeness (QED) is 0.407. The Hall–Kier alpha value is -1.97. The topological polar surface area (TPSA) is 70.6 Å². The van der Waals surface area contributed by atoms with Crippen molar-refractivity contribution in [1.82, 2.24) is 5.32 Å². The molecule has 0 saturated carbocycles. The van der Waals surface area contributed by atoms with Crippen LogP contribution in [0.15, 0.2) is 41.4 Å². The summed E-state index contributed by atoms with van der Waals surface area (Å²) in [5.74, 6) is 0.618. The molecule has 0 radical (unpaired) electrons. The normalized spacial score (nSPS) is 11.2. The number of nitrogens with zero attached hydrogens (tertiary/aromatic N) is 1. The van der Waals surface area contributed by atoms with Crippen molar-refractivity contribution in [3.63, 3.8) is 0 Å². The van der Waals surface area contributed by atoms with Crippen LogP contribution in [0.1, 0.15) is 12.5 Å². The maximum absolute atomic E-state index is 9.25. The van der Waals surface area contributed by atoms with Gasteiger partial charge in [-0.05, 0) is 24.6 Å². The van der Waals surface area contributed by atoms with E-state index in [0.717, 1.165) is 11.1 Å². The highest BCUT2D eigenvalue weighted by Gasteiger charge is 1.94. The maximum Gasteiger partial charge on any atom is 0.189 e. The first-order valence-corrected chi connectivity index (χ1v) is 5.04. The van der Waals surface area contributed by atoms with Gasteiger partial charge in [-0.2, -0.15) is 0 Å². The minimum Gasteiger partial charge on any atom is -0.508 e. The van der Waals surface area contributed by atoms with E-state index >= 15 is 0 Å². The van der Waals surface area contributed by atoms with Gasteiger partial charge in [0.2, 0.25) is 0 Å². The molecule has 16 heavy (non-hydrogen) atoms. The fraction of sp³-hybridized carbons (Fsp3) is 0.250. The molecule has 0 aliphatic carbocycles. The predicted molar refractivity (Wildman–Crippen MR) is 66.2 cm³/mol. The number of phenols is 1. The molecule has 0 spiro atoms. The molecule has 0 aliphatic rings. The van der Waals surface area contributed by atoms with Crippen LogP contribution in [0.3, 0.4) is 0 Å². The lowest BCUT2D eigenvalue weighted by atomic mass is 10.2. The Balaban J connectivity index is 2.49. The van der Waals surface area contributed by atoms with Gasteiger partial charge >= 0.3 is 0 Å². The molecule has 1 aromatic carbocycles. The highest BCUT2D eigenvalue weighted by Crippen LogP contribution is 2.11. The van der Waals surface area contributed by atoms with E-state index in [4.69, 9.17) is 5.73 Å². The lowest BCUT2D eigenvalue weighted by Gasteiger charge is -2.04. The van der Waals surface area contributed by atoms with Gasteiger partial charge in [0, 0.05) is 6.54 Å². The third kappa shape index (κ3) is 4.50. The van der Waals surface area contributed by atoms with Crippen LogP contribution < -0.4 is 11.1 Å². The summed E-state index contributed by atoms with van der Waals surface area (Å²) in [6.45, 7) is 6.73. The Labute approximate surface area is 95.5 Å². The lowest BCUT2D eigenvalue weighted by molar-refractivity contribution is 0.474. The highest BCUT2D eigenvalue weighted by atomic mass is 16.3. The number of nitrogens with two attached hydrogens (primary N) is 1. The van der Waals surface area contributed by atoms with E-state index in [-0.39, 0.29) is 5.75 Å². The van der Waals surface area contributed by atoms with Gasteiger partial charge in [-0.1, -0.05) is 24.3 Å². The zero-order valence-corrected chi connectivity index (χ0v) is 9.40. The van der Waals surface area contributed by atoms with Crippen molar-refractivity contribution in [3.05, 3.63) is 42.0 Å². The smallest absolute Gasteiger partial charge is 0.189 e. The van der Waals surface area contributed by atoms with Crippen molar-refractivity contribution >= 4 is 5.96 Å². The molecule has 4 nitrogen and oxygen atoms in total. The van der Waals surface area contributed by atoms with E-state index in [9.17, 15) is 5.11 Å². The Morgan fingerprint density at radius 3 is 2.94 bits per heavy atom. The molecule has 0 unspecified atom stereocenters. The number of hydrogen-bond donors (Lipinski definition) is 3. The number of aliphatic imine (C=N–C) groups is 1. The van der Waals surface area contributed by atoms with Gasteiger partial charge in [-0.15, -0.1) is 0 Å². The molecule has 1 rings (SSSR count). The molecule has 0 bridgehead atoms. The Morgan fingerprint density at radius 2 is 2.31 bits per heavy atom. The predicted octanol–water partition coefficient (Wildman–Crippen LogP) is 1.37. The SMILES string of the molecule is C=C(C)CNC(N)=NCc1cccc(O)c1. The Bertz CT molecular complexity index is 399. The third-order valence-corrected chi connectivity index (χ3v) is 1.91. The van der Waals surface area contributed by atoms with Crippen molar-refractivity contribution in [2.45, 2.75) is 13.5 Å². The number of rotatable bonds is 4. The summed E-state index contributed by atoms with van der Waals surface area (Å²) in [7, 11) is 0. The van der Waals surface area contributed by atoms with Gasteiger partial charge in [0.05, 0.1) is 6.54 Å². The van der Waals surface area contributed by atoms with E-state index in [1.54, 1.807) is 18.2 Å². The van der Waals surface area contributed by atoms with E-state index in [2.05, 4.69) is 16.9 Å². The molecule has 0 atom stereocenters. The molecule has 0 saturated heterocycles. The minimum absolute atomic E-state index is 0.237. The number of guanidine groups is 1. The van der Waals surface area contributed by atoms with Crippen LogP contribution >= 0.6 is 0 Å². The number of benzene rings is 1. The molecule has 4 heteroatoms. The summed E-state index contributed by atoms with van der Waals surface area (Å²) in [6.07, 6.45) is 0. The molecule has 0 aromatic heterocycles. The van der Waals surface area contributed by atoms with E-state index in [0.29, 0.717) is 19.0 Å². The second kappa shape index (κ2) is 5.80. The van der Waals surface area contributed by atoms with Crippen LogP contribution in [0.25, 0.3) is 0 Å². The van der Waals surface area contributed by atoms with Crippen molar-refractivity contribution in [1.29, 1.82) is 0 Å². The number of phenolic OH excluding ortho intramolecular Hbond substituents is 1. The molecular weight excluding hydrogens is 202 g/mol. The summed E-state index contributed by atoms with van der Waals surface area (Å²) in [5, 5.41) is 12.2. The highest BCUT2D eigenvalue weighted by molar-refractivity contribution is 5.78. The summed E-state index contributed by atoms with van der Waals surface area (Å²) in [5.41, 5.74) is 7.56. The van der Waals surface area contributed by atoms with Gasteiger partial charge in [0.25, 0.3) is 0 Å². The summed E-state index contributed by atoms with van der Waals surface area (Å²) in [6, 6.07) is 6.94. The number of nitrogens with one attached hydrogen (secondary N) is 1. The van der Waals surface area contributed by atoms with Crippen LogP contribution in [0.4, 0.5) is 0 Å². The first kappa shape index (κ1) is 12.1. The Morgan fingerprint density at radius 1 is 1.56 bits per heavy atom. The molecule has 0 heterocycles. The van der Waals surface area contributed by atoms with Gasteiger partial charge in [0.15, 0.2) is 5.96 Å². The van der Waals surface area contributed by atoms with Crippen LogP contribution in [-0.4, -0.2) is 17.6 Å². The minimum atomic E-state index is 0.237. The monoisotopic (exact) mass is 219 g/mol. The molecule has 4 N–H and O–H groups in total. The largest absolute Gasteiger partial charge is 0.508 e. The molecular formula is C12H17N3O. The van der Waals surface area contributed by atoms with Gasteiger partial charge in [-0.25, -0.2) is 4.99 Å². The zero-order chi connectivity index (χ0) is 12.0. The van der Waals surface area contributed by atoms with Crippen LogP contribution in [0.5, 0.6) is 5.75 Å². The second-order valence-electron chi connectivity index (χ2n) is 3.68. The van der Waals surface area contributed by atoms with Crippen molar-refractivity contribution in [2.75, 3.05) is 6.54 Å². The Kier molecular flexibility index (Phi) is 4.39. The molecule has 0 fully saturated rings. The molecule has 86 valence electrons. The first-order valence-electron chi connectivity index (χ1n) is 5.04. The molecule has 0 amide bonds. The van der Waals surface area contributed by atoms with Gasteiger partial charge in [-0.3, -0.25) is 0 Å². The fourth-order valence-electron chi connectivity index (χ4n) is 1.13. The number of aromatic hydroxyl groups is 1. The van der Waals surface area contributed by atoms with Crippen LogP contribution in [0, 0.1) is 0 Å². The lowest BCUT2D eigenvalue weighted by Crippen LogP contribution is -2.32. The maximum atomic E-state index is 9.25. The van der Waals surface area contributed by atoms with Crippen molar-refractivity contribution < 1.29 is 5.11 Å². The van der Waals surface area contributed by atoms with Crippen LogP contribution in [-0.2, 0) is 6.54 Å². The van der Waals surface area contributed by atoms with Gasteiger partial charge in [0.1, 0.15) is 5.75 Å². The van der Waals surface area contributed by atoms with E-state index in [1.165, 1.54) is 0 Å². The summed E-state index contributed by atoms with van der Waals surface area (Å²) in [4.78, 5) is 4.14. The van der Waals surface area contributed by atoms with E-state index in [1.807, 2.05) is 13.0 Å². The summed E-state index contributed by atoms with van der Waals surface area (Å²) < 4.78 is 0. The van der Waals surface area contributed by atoms with Crippen LogP contribution in [0.2, 0.25) is 0 Å². The second-order valence-corrected chi connectivity index (χ2v) is 3.68. The standard InChI is InChI=1S/C12H17N3O/c1-9(2)7-14-12(13)15-8-10-4-3-5-11(16)6-10/h3-6,16H,1,7-8H2,2H3,(H3,13,14,15). The zero-order valence-electron chi connectivity index (χ0n) is 9.40. The molecule has 0 aliphatic heterocycles. The van der Waals surface area contributed by atoms with Gasteiger partial charge < -0.3 is 16.2 Å².